The average Bonchev–Trinajstić information content (AvgIpc) is 3.56. The number of amides is 2. The number of fused-ring (bicyclic) bond motifs is 1. The van der Waals surface area contributed by atoms with E-state index in [1.54, 1.807) is 30.5 Å². The predicted octanol–water partition coefficient (Wildman–Crippen LogP) is 5.49. The number of aromatic nitrogens is 2. The number of nitrogens with zero attached hydrogens (tertiary/aromatic N) is 2. The van der Waals surface area contributed by atoms with Crippen molar-refractivity contribution in [2.75, 3.05) is 5.32 Å². The Balaban J connectivity index is 1.43. The van der Waals surface area contributed by atoms with Crippen molar-refractivity contribution in [3.8, 4) is 11.6 Å². The molecule has 4 aromatic rings. The fourth-order valence-electron chi connectivity index (χ4n) is 4.37. The van der Waals surface area contributed by atoms with Crippen LogP contribution in [0.3, 0.4) is 0 Å². The summed E-state index contributed by atoms with van der Waals surface area (Å²) in [5, 5.41) is 6.90. The van der Waals surface area contributed by atoms with E-state index in [1.807, 2.05) is 26.0 Å². The number of rotatable bonds is 5. The molecule has 0 bridgehead atoms. The van der Waals surface area contributed by atoms with Gasteiger partial charge in [0.15, 0.2) is 11.6 Å². The van der Waals surface area contributed by atoms with E-state index in [-0.39, 0.29) is 17.9 Å². The second kappa shape index (κ2) is 8.78. The molecule has 3 heterocycles. The van der Waals surface area contributed by atoms with Crippen LogP contribution in [0.4, 0.5) is 5.69 Å². The van der Waals surface area contributed by atoms with Crippen LogP contribution in [-0.2, 0) is 0 Å². The molecule has 0 saturated heterocycles. The summed E-state index contributed by atoms with van der Waals surface area (Å²) in [5.74, 6) is 0.651. The summed E-state index contributed by atoms with van der Waals surface area (Å²) in [4.78, 5) is 36.6. The average molecular weight is 461 g/mol. The lowest BCUT2D eigenvalue weighted by molar-refractivity contribution is 0.0938. The third-order valence-corrected chi connectivity index (χ3v) is 7.21. The molecular formula is C25H24N4O3S. The molecule has 33 heavy (non-hydrogen) atoms. The number of aryl methyl sites for hydroxylation is 2. The van der Waals surface area contributed by atoms with Crippen LogP contribution in [0.5, 0.6) is 0 Å². The molecule has 2 amide bonds. The zero-order valence-corrected chi connectivity index (χ0v) is 19.3. The SMILES string of the molecule is Cc1nc(-c2ccco2)nc2sc(C(=O)Nc3ccccc3C(=O)NC3CCCC3)c(C)c12. The highest BCUT2D eigenvalue weighted by Gasteiger charge is 2.23. The van der Waals surface area contributed by atoms with Gasteiger partial charge in [-0.3, -0.25) is 9.59 Å². The largest absolute Gasteiger partial charge is 0.461 e. The zero-order chi connectivity index (χ0) is 22.9. The summed E-state index contributed by atoms with van der Waals surface area (Å²) in [5.41, 5.74) is 2.57. The van der Waals surface area contributed by atoms with Gasteiger partial charge < -0.3 is 15.1 Å². The highest BCUT2D eigenvalue weighted by molar-refractivity contribution is 7.20. The van der Waals surface area contributed by atoms with E-state index in [9.17, 15) is 9.59 Å². The number of hydrogen-bond acceptors (Lipinski definition) is 6. The minimum absolute atomic E-state index is 0.157. The number of benzene rings is 1. The molecule has 0 aliphatic heterocycles. The molecule has 168 valence electrons. The molecule has 3 aromatic heterocycles. The van der Waals surface area contributed by atoms with E-state index in [2.05, 4.69) is 20.6 Å². The van der Waals surface area contributed by atoms with Gasteiger partial charge in [0, 0.05) is 11.4 Å². The van der Waals surface area contributed by atoms with Crippen molar-refractivity contribution in [3.05, 3.63) is 64.4 Å². The number of anilines is 1. The summed E-state index contributed by atoms with van der Waals surface area (Å²) in [6.07, 6.45) is 5.86. The van der Waals surface area contributed by atoms with Crippen molar-refractivity contribution in [2.24, 2.45) is 0 Å². The first-order valence-electron chi connectivity index (χ1n) is 11.0. The highest BCUT2D eigenvalue weighted by atomic mass is 32.1. The second-order valence-electron chi connectivity index (χ2n) is 8.30. The standard InChI is InChI=1S/C25H24N4O3S/c1-14-20-15(2)26-22(19-12-7-13-32-19)29-25(20)33-21(14)24(31)28-18-11-6-5-10-17(18)23(30)27-16-8-3-4-9-16/h5-7,10-13,16H,3-4,8-9H2,1-2H3,(H,27,30)(H,28,31). The van der Waals surface area contributed by atoms with Crippen molar-refractivity contribution in [3.63, 3.8) is 0 Å². The van der Waals surface area contributed by atoms with E-state index >= 15 is 0 Å². The summed E-state index contributed by atoms with van der Waals surface area (Å²) < 4.78 is 5.43. The molecule has 8 heteroatoms. The van der Waals surface area contributed by atoms with Crippen molar-refractivity contribution in [2.45, 2.75) is 45.6 Å². The first kappa shape index (κ1) is 21.3. The van der Waals surface area contributed by atoms with Gasteiger partial charge >= 0.3 is 0 Å². The first-order chi connectivity index (χ1) is 16.0. The van der Waals surface area contributed by atoms with Gasteiger partial charge in [0.25, 0.3) is 11.8 Å². The molecule has 2 N–H and O–H groups in total. The van der Waals surface area contributed by atoms with E-state index in [1.165, 1.54) is 11.3 Å². The molecular weight excluding hydrogens is 436 g/mol. The van der Waals surface area contributed by atoms with Gasteiger partial charge in [-0.05, 0) is 56.5 Å². The van der Waals surface area contributed by atoms with Gasteiger partial charge in [0.2, 0.25) is 0 Å². The number of carbonyl (C=O) groups is 2. The third-order valence-electron chi connectivity index (χ3n) is 6.03. The zero-order valence-electron chi connectivity index (χ0n) is 18.5. The van der Waals surface area contributed by atoms with E-state index < -0.39 is 0 Å². The molecule has 7 nitrogen and oxygen atoms in total. The van der Waals surface area contributed by atoms with Crippen LogP contribution in [0.25, 0.3) is 21.8 Å². The van der Waals surface area contributed by atoms with Gasteiger partial charge in [-0.15, -0.1) is 11.3 Å². The first-order valence-corrected chi connectivity index (χ1v) is 11.9. The molecule has 0 spiro atoms. The lowest BCUT2D eigenvalue weighted by Gasteiger charge is -2.15. The predicted molar refractivity (Wildman–Crippen MR) is 129 cm³/mol. The number of furan rings is 1. The molecule has 1 aliphatic rings. The number of carbonyl (C=O) groups excluding carboxylic acids is 2. The monoisotopic (exact) mass is 460 g/mol. The van der Waals surface area contributed by atoms with E-state index in [0.29, 0.717) is 27.7 Å². The maximum atomic E-state index is 13.2. The lowest BCUT2D eigenvalue weighted by atomic mass is 10.1. The number of thiophene rings is 1. The maximum absolute atomic E-state index is 13.2. The van der Waals surface area contributed by atoms with Gasteiger partial charge in [-0.25, -0.2) is 9.97 Å². The molecule has 0 atom stereocenters. The Labute approximate surface area is 195 Å². The van der Waals surface area contributed by atoms with Gasteiger partial charge in [-0.2, -0.15) is 0 Å². The Bertz CT molecular complexity index is 1340. The topological polar surface area (TPSA) is 97.1 Å². The van der Waals surface area contributed by atoms with E-state index in [0.717, 1.165) is 47.2 Å². The van der Waals surface area contributed by atoms with Gasteiger partial charge in [-0.1, -0.05) is 25.0 Å². The van der Waals surface area contributed by atoms with E-state index in [4.69, 9.17) is 4.42 Å². The van der Waals surface area contributed by atoms with Crippen LogP contribution in [-0.4, -0.2) is 27.8 Å². The Kier molecular flexibility index (Phi) is 5.68. The maximum Gasteiger partial charge on any atom is 0.266 e. The highest BCUT2D eigenvalue weighted by Crippen LogP contribution is 2.33. The van der Waals surface area contributed by atoms with Gasteiger partial charge in [0.05, 0.1) is 28.1 Å². The van der Waals surface area contributed by atoms with Crippen LogP contribution in [0.15, 0.2) is 47.1 Å². The minimum Gasteiger partial charge on any atom is -0.461 e. The second-order valence-corrected chi connectivity index (χ2v) is 9.30. The van der Waals surface area contributed by atoms with Gasteiger partial charge in [0.1, 0.15) is 4.83 Å². The summed E-state index contributed by atoms with van der Waals surface area (Å²) in [6.45, 7) is 3.80. The fourth-order valence-corrected chi connectivity index (χ4v) is 5.50. The van der Waals surface area contributed by atoms with Crippen molar-refractivity contribution >= 4 is 39.1 Å². The van der Waals surface area contributed by atoms with Crippen LogP contribution >= 0.6 is 11.3 Å². The van der Waals surface area contributed by atoms with Crippen LogP contribution < -0.4 is 10.6 Å². The van der Waals surface area contributed by atoms with Crippen LogP contribution in [0.1, 0.15) is 57.0 Å². The molecule has 1 aromatic carbocycles. The quantitative estimate of drug-likeness (QED) is 0.410. The smallest absolute Gasteiger partial charge is 0.266 e. The molecule has 1 saturated carbocycles. The molecule has 1 fully saturated rings. The normalized spacial score (nSPS) is 14.0. The summed E-state index contributed by atoms with van der Waals surface area (Å²) in [6, 6.07) is 10.9. The summed E-state index contributed by atoms with van der Waals surface area (Å²) in [7, 11) is 0. The third kappa shape index (κ3) is 4.14. The van der Waals surface area contributed by atoms with Crippen LogP contribution in [0, 0.1) is 13.8 Å². The van der Waals surface area contributed by atoms with Crippen molar-refractivity contribution < 1.29 is 14.0 Å². The Morgan fingerprint density at radius 3 is 2.58 bits per heavy atom. The van der Waals surface area contributed by atoms with Crippen molar-refractivity contribution in [1.82, 2.24) is 15.3 Å². The molecule has 0 radical (unpaired) electrons. The number of nitrogens with one attached hydrogen (secondary N) is 2. The Hall–Kier alpha value is -3.52. The Morgan fingerprint density at radius 2 is 1.82 bits per heavy atom. The van der Waals surface area contributed by atoms with Crippen molar-refractivity contribution in [1.29, 1.82) is 0 Å². The molecule has 1 aliphatic carbocycles. The fraction of sp³-hybridized carbons (Fsp3) is 0.280. The summed E-state index contributed by atoms with van der Waals surface area (Å²) >= 11 is 1.31. The lowest BCUT2D eigenvalue weighted by Crippen LogP contribution is -2.33. The van der Waals surface area contributed by atoms with Crippen LogP contribution in [0.2, 0.25) is 0 Å². The number of para-hydroxylation sites is 1. The molecule has 0 unspecified atom stereocenters. The number of hydrogen-bond donors (Lipinski definition) is 2. The Morgan fingerprint density at radius 1 is 1.03 bits per heavy atom. The minimum atomic E-state index is -0.268. The molecule has 5 rings (SSSR count).